The molecule has 0 spiro atoms. The predicted octanol–water partition coefficient (Wildman–Crippen LogP) is 4.81. The van der Waals surface area contributed by atoms with Gasteiger partial charge in [0.2, 0.25) is 0 Å². The molecule has 1 aromatic carbocycles. The summed E-state index contributed by atoms with van der Waals surface area (Å²) in [6.07, 6.45) is 1.37. The van der Waals surface area contributed by atoms with Crippen molar-refractivity contribution in [2.75, 3.05) is 0 Å². The fourth-order valence-electron chi connectivity index (χ4n) is 1.46. The Morgan fingerprint density at radius 1 is 0.895 bits per heavy atom. The van der Waals surface area contributed by atoms with E-state index in [4.69, 9.17) is 58.0 Å². The highest BCUT2D eigenvalue weighted by molar-refractivity contribution is 6.56. The van der Waals surface area contributed by atoms with Crippen LogP contribution in [-0.4, -0.2) is 9.67 Å². The number of rotatable bonds is 1. The van der Waals surface area contributed by atoms with E-state index >= 15 is 0 Å². The van der Waals surface area contributed by atoms with E-state index in [1.807, 2.05) is 0 Å². The number of halogens is 5. The van der Waals surface area contributed by atoms with Gasteiger partial charge in [-0.15, -0.1) is 0 Å². The van der Waals surface area contributed by atoms with Crippen molar-refractivity contribution in [1.29, 1.82) is 0 Å². The molecule has 3 nitrogen and oxygen atoms in total. The Labute approximate surface area is 132 Å². The van der Waals surface area contributed by atoms with Crippen molar-refractivity contribution in [2.24, 2.45) is 0 Å². The topological polar surface area (TPSA) is 42.2 Å². The Morgan fingerprint density at radius 2 is 1.37 bits per heavy atom. The van der Waals surface area contributed by atoms with Gasteiger partial charge in [-0.25, -0.2) is 0 Å². The van der Waals surface area contributed by atoms with Gasteiger partial charge in [0.15, 0.2) is 5.75 Å². The fraction of sp³-hybridized carbons (Fsp3) is 0. The highest BCUT2D eigenvalue weighted by Gasteiger charge is 2.21. The van der Waals surface area contributed by atoms with Crippen LogP contribution >= 0.6 is 58.0 Å². The van der Waals surface area contributed by atoms with E-state index in [1.54, 1.807) is 0 Å². The second-order valence-corrected chi connectivity index (χ2v) is 5.38. The van der Waals surface area contributed by atoms with Crippen LogP contribution in [0.25, 0.3) is 5.69 Å². The van der Waals surface area contributed by atoms with Crippen LogP contribution in [-0.2, 0) is 0 Å². The summed E-state index contributed by atoms with van der Waals surface area (Å²) in [5.41, 5.74) is -0.649. The van der Waals surface area contributed by atoms with E-state index in [1.165, 1.54) is 18.3 Å². The summed E-state index contributed by atoms with van der Waals surface area (Å²) in [6.45, 7) is 0. The largest absolute Gasteiger partial charge is 0.503 e. The standard InChI is InChI=1S/C11H4Cl5NO2/c12-5-6(13)8(15)10(9(16)7(5)14)17-3-1-2-4(18)11(17)19/h1-3,18H. The molecule has 2 rings (SSSR count). The lowest BCUT2D eigenvalue weighted by molar-refractivity contribution is 0.463. The van der Waals surface area contributed by atoms with E-state index in [2.05, 4.69) is 0 Å². The molecule has 1 heterocycles. The van der Waals surface area contributed by atoms with Gasteiger partial charge in [-0.2, -0.15) is 0 Å². The van der Waals surface area contributed by atoms with Crippen LogP contribution in [0.5, 0.6) is 5.75 Å². The molecule has 100 valence electrons. The molecule has 0 saturated carbocycles. The third-order valence-electron chi connectivity index (χ3n) is 2.35. The zero-order valence-corrected chi connectivity index (χ0v) is 12.7. The number of pyridine rings is 1. The Bertz CT molecular complexity index is 697. The molecular weight excluding hydrogens is 355 g/mol. The van der Waals surface area contributed by atoms with Gasteiger partial charge in [0.1, 0.15) is 0 Å². The van der Waals surface area contributed by atoms with Gasteiger partial charge in [-0.1, -0.05) is 58.0 Å². The van der Waals surface area contributed by atoms with Gasteiger partial charge < -0.3 is 5.11 Å². The van der Waals surface area contributed by atoms with Crippen molar-refractivity contribution >= 4 is 58.0 Å². The number of hydrogen-bond donors (Lipinski definition) is 1. The summed E-state index contributed by atoms with van der Waals surface area (Å²) in [7, 11) is 0. The molecule has 0 atom stereocenters. The molecule has 8 heteroatoms. The molecule has 0 radical (unpaired) electrons. The summed E-state index contributed by atoms with van der Waals surface area (Å²) < 4.78 is 1.04. The molecule has 0 unspecified atom stereocenters. The van der Waals surface area contributed by atoms with Crippen molar-refractivity contribution in [1.82, 2.24) is 4.57 Å². The van der Waals surface area contributed by atoms with Gasteiger partial charge in [0.25, 0.3) is 5.56 Å². The van der Waals surface area contributed by atoms with Crippen molar-refractivity contribution < 1.29 is 5.11 Å². The van der Waals surface area contributed by atoms with Crippen LogP contribution in [0.2, 0.25) is 25.1 Å². The van der Waals surface area contributed by atoms with Gasteiger partial charge in [0.05, 0.1) is 30.8 Å². The first-order valence-corrected chi connectivity index (χ1v) is 6.67. The van der Waals surface area contributed by atoms with Gasteiger partial charge in [0, 0.05) is 6.20 Å². The number of benzene rings is 1. The van der Waals surface area contributed by atoms with Crippen molar-refractivity contribution in [3.8, 4) is 11.4 Å². The van der Waals surface area contributed by atoms with Crippen LogP contribution in [0.4, 0.5) is 0 Å². The highest BCUT2D eigenvalue weighted by Crippen LogP contribution is 2.45. The van der Waals surface area contributed by atoms with Crippen LogP contribution < -0.4 is 5.56 Å². The molecule has 2 aromatic rings. The third-order valence-corrected chi connectivity index (χ3v) is 4.61. The van der Waals surface area contributed by atoms with Gasteiger partial charge in [-0.05, 0) is 12.1 Å². The monoisotopic (exact) mass is 357 g/mol. The molecule has 0 bridgehead atoms. The highest BCUT2D eigenvalue weighted by atomic mass is 35.5. The predicted molar refractivity (Wildman–Crippen MR) is 78.8 cm³/mol. The molecule has 0 amide bonds. The second-order valence-electron chi connectivity index (χ2n) is 3.49. The summed E-state index contributed by atoms with van der Waals surface area (Å²) in [4.78, 5) is 11.9. The number of nitrogens with zero attached hydrogens (tertiary/aromatic N) is 1. The molecular formula is C11H4Cl5NO2. The summed E-state index contributed by atoms with van der Waals surface area (Å²) in [5.74, 6) is -0.461. The number of hydrogen-bond acceptors (Lipinski definition) is 2. The second kappa shape index (κ2) is 5.43. The van der Waals surface area contributed by atoms with Crippen molar-refractivity contribution in [3.63, 3.8) is 0 Å². The van der Waals surface area contributed by atoms with E-state index in [0.717, 1.165) is 4.57 Å². The maximum absolute atomic E-state index is 11.9. The molecule has 0 aliphatic heterocycles. The quantitative estimate of drug-likeness (QED) is 0.586. The Kier molecular flexibility index (Phi) is 4.23. The smallest absolute Gasteiger partial charge is 0.297 e. The minimum atomic E-state index is -0.708. The van der Waals surface area contributed by atoms with Crippen LogP contribution in [0.1, 0.15) is 0 Å². The average molecular weight is 359 g/mol. The maximum atomic E-state index is 11.9. The van der Waals surface area contributed by atoms with Crippen LogP contribution in [0, 0.1) is 0 Å². The SMILES string of the molecule is O=c1c(O)cccn1-c1c(Cl)c(Cl)c(Cl)c(Cl)c1Cl. The molecule has 1 aromatic heterocycles. The molecule has 19 heavy (non-hydrogen) atoms. The van der Waals surface area contributed by atoms with Crippen molar-refractivity contribution in [3.05, 3.63) is 53.8 Å². The molecule has 0 fully saturated rings. The van der Waals surface area contributed by atoms with Gasteiger partial charge in [-0.3, -0.25) is 9.36 Å². The van der Waals surface area contributed by atoms with E-state index in [0.29, 0.717) is 0 Å². The number of aromatic hydroxyl groups is 1. The first-order chi connectivity index (χ1) is 8.86. The zero-order valence-electron chi connectivity index (χ0n) is 8.92. The minimum Gasteiger partial charge on any atom is -0.503 e. The molecule has 0 saturated heterocycles. The lowest BCUT2D eigenvalue weighted by Gasteiger charge is -2.14. The van der Waals surface area contributed by atoms with Crippen molar-refractivity contribution in [2.45, 2.75) is 0 Å². The first kappa shape index (κ1) is 14.8. The lowest BCUT2D eigenvalue weighted by Crippen LogP contribution is -2.17. The van der Waals surface area contributed by atoms with Crippen LogP contribution in [0.3, 0.4) is 0 Å². The van der Waals surface area contributed by atoms with Crippen LogP contribution in [0.15, 0.2) is 23.1 Å². The first-order valence-electron chi connectivity index (χ1n) is 4.78. The molecule has 0 aliphatic rings. The third kappa shape index (κ3) is 2.41. The van der Waals surface area contributed by atoms with E-state index in [9.17, 15) is 9.90 Å². The Balaban J connectivity index is 2.91. The molecule has 0 aliphatic carbocycles. The minimum absolute atomic E-state index is 0.00437. The lowest BCUT2D eigenvalue weighted by atomic mass is 10.3. The number of aromatic nitrogens is 1. The fourth-order valence-corrected chi connectivity index (χ4v) is 2.77. The summed E-state index contributed by atoms with van der Waals surface area (Å²) in [5, 5.41) is 9.30. The zero-order chi connectivity index (χ0) is 14.3. The molecule has 1 N–H and O–H groups in total. The summed E-state index contributed by atoms with van der Waals surface area (Å²) in [6, 6.07) is 2.68. The normalized spacial score (nSPS) is 10.8. The van der Waals surface area contributed by atoms with Gasteiger partial charge >= 0.3 is 0 Å². The Hall–Kier alpha value is -0.580. The summed E-state index contributed by atoms with van der Waals surface area (Å²) >= 11 is 29.8. The van der Waals surface area contributed by atoms with E-state index < -0.39 is 11.3 Å². The Morgan fingerprint density at radius 3 is 1.89 bits per heavy atom. The maximum Gasteiger partial charge on any atom is 0.297 e. The van der Waals surface area contributed by atoms with E-state index in [-0.39, 0.29) is 30.8 Å². The average Bonchev–Trinajstić information content (AvgIpc) is 2.39.